The Balaban J connectivity index is 1.51. The van der Waals surface area contributed by atoms with Gasteiger partial charge in [-0.05, 0) is 29.2 Å². The molecule has 3 aromatic rings. The second-order valence-corrected chi connectivity index (χ2v) is 8.21. The maximum absolute atomic E-state index is 12.2. The summed E-state index contributed by atoms with van der Waals surface area (Å²) in [6.45, 7) is 6.86. The van der Waals surface area contributed by atoms with Crippen molar-refractivity contribution in [2.24, 2.45) is 0 Å². The van der Waals surface area contributed by atoms with Crippen molar-refractivity contribution in [2.45, 2.75) is 26.2 Å². The molecule has 0 aliphatic heterocycles. The van der Waals surface area contributed by atoms with Crippen LogP contribution in [0.25, 0.3) is 11.4 Å². The molecule has 0 unspecified atom stereocenters. The lowest BCUT2D eigenvalue weighted by Crippen LogP contribution is -2.34. The second-order valence-electron chi connectivity index (χ2n) is 7.77. The number of amides is 2. The predicted molar refractivity (Wildman–Crippen MR) is 115 cm³/mol. The van der Waals surface area contributed by atoms with Crippen LogP contribution in [0.3, 0.4) is 0 Å². The Bertz CT molecular complexity index is 1040. The lowest BCUT2D eigenvalue weighted by Gasteiger charge is -2.18. The molecule has 0 saturated heterocycles. The standard InChI is InChI=1S/C22H23ClN4O3/c1-22(2,3)16-9-7-14(8-10-16)18-26-21(30-27-18)20(29)25-12-11-24-19(28)15-5-4-6-17(23)13-15/h4-10,13H,11-12H2,1-3H3,(H,24,28)(H,25,29). The first-order valence-corrected chi connectivity index (χ1v) is 9.88. The molecule has 7 nitrogen and oxygen atoms in total. The number of hydrogen-bond acceptors (Lipinski definition) is 5. The summed E-state index contributed by atoms with van der Waals surface area (Å²) in [6, 6.07) is 14.4. The molecule has 1 heterocycles. The lowest BCUT2D eigenvalue weighted by atomic mass is 9.87. The zero-order valence-electron chi connectivity index (χ0n) is 17.0. The van der Waals surface area contributed by atoms with Crippen LogP contribution in [0.5, 0.6) is 0 Å². The summed E-state index contributed by atoms with van der Waals surface area (Å²) in [7, 11) is 0. The maximum Gasteiger partial charge on any atom is 0.316 e. The first kappa shape index (κ1) is 21.5. The smallest absolute Gasteiger partial charge is 0.316 e. The number of benzene rings is 2. The van der Waals surface area contributed by atoms with Gasteiger partial charge < -0.3 is 15.2 Å². The number of hydrogen-bond donors (Lipinski definition) is 2. The number of carbonyl (C=O) groups is 2. The molecule has 0 spiro atoms. The summed E-state index contributed by atoms with van der Waals surface area (Å²) < 4.78 is 5.06. The number of nitrogens with zero attached hydrogens (tertiary/aromatic N) is 2. The SMILES string of the molecule is CC(C)(C)c1ccc(-c2noc(C(=O)NCCNC(=O)c3cccc(Cl)c3)n2)cc1. The predicted octanol–water partition coefficient (Wildman–Crippen LogP) is 3.85. The fourth-order valence-corrected chi connectivity index (χ4v) is 2.90. The van der Waals surface area contributed by atoms with E-state index >= 15 is 0 Å². The van der Waals surface area contributed by atoms with Crippen LogP contribution >= 0.6 is 11.6 Å². The fraction of sp³-hybridized carbons (Fsp3) is 0.273. The van der Waals surface area contributed by atoms with E-state index in [1.165, 1.54) is 5.56 Å². The topological polar surface area (TPSA) is 97.1 Å². The molecule has 2 aromatic carbocycles. The molecule has 30 heavy (non-hydrogen) atoms. The molecule has 8 heteroatoms. The Labute approximate surface area is 179 Å². The van der Waals surface area contributed by atoms with Gasteiger partial charge in [-0.1, -0.05) is 67.9 Å². The van der Waals surface area contributed by atoms with Gasteiger partial charge in [0.25, 0.3) is 5.91 Å². The van der Waals surface area contributed by atoms with Gasteiger partial charge in [-0.25, -0.2) is 0 Å². The summed E-state index contributed by atoms with van der Waals surface area (Å²) >= 11 is 5.87. The molecular formula is C22H23ClN4O3. The highest BCUT2D eigenvalue weighted by atomic mass is 35.5. The van der Waals surface area contributed by atoms with Crippen LogP contribution in [0.15, 0.2) is 53.1 Å². The number of halogens is 1. The summed E-state index contributed by atoms with van der Waals surface area (Å²) in [4.78, 5) is 28.4. The summed E-state index contributed by atoms with van der Waals surface area (Å²) in [5.41, 5.74) is 2.45. The van der Waals surface area contributed by atoms with Crippen molar-refractivity contribution in [3.05, 3.63) is 70.6 Å². The monoisotopic (exact) mass is 426 g/mol. The molecule has 0 saturated carbocycles. The average molecular weight is 427 g/mol. The van der Waals surface area contributed by atoms with Crippen LogP contribution in [0.2, 0.25) is 5.02 Å². The molecule has 0 aliphatic rings. The Kier molecular flexibility index (Phi) is 6.52. The van der Waals surface area contributed by atoms with Gasteiger partial charge in [0.1, 0.15) is 0 Å². The molecule has 0 bridgehead atoms. The van der Waals surface area contributed by atoms with E-state index in [2.05, 4.69) is 41.5 Å². The van der Waals surface area contributed by atoms with Gasteiger partial charge in [-0.15, -0.1) is 0 Å². The van der Waals surface area contributed by atoms with E-state index in [1.54, 1.807) is 24.3 Å². The molecule has 2 amide bonds. The van der Waals surface area contributed by atoms with Gasteiger partial charge in [0, 0.05) is 29.2 Å². The highest BCUT2D eigenvalue weighted by Gasteiger charge is 2.17. The van der Waals surface area contributed by atoms with E-state index in [0.717, 1.165) is 5.56 Å². The van der Waals surface area contributed by atoms with E-state index in [0.29, 0.717) is 16.4 Å². The van der Waals surface area contributed by atoms with Crippen LogP contribution < -0.4 is 10.6 Å². The van der Waals surface area contributed by atoms with Crippen LogP contribution in [0, 0.1) is 0 Å². The maximum atomic E-state index is 12.2. The van der Waals surface area contributed by atoms with Crippen molar-refractivity contribution >= 4 is 23.4 Å². The molecular weight excluding hydrogens is 404 g/mol. The number of rotatable bonds is 6. The first-order chi connectivity index (χ1) is 14.2. The Morgan fingerprint density at radius 1 is 1.00 bits per heavy atom. The van der Waals surface area contributed by atoms with Crippen LogP contribution in [-0.2, 0) is 5.41 Å². The minimum absolute atomic E-state index is 0.0447. The van der Waals surface area contributed by atoms with Crippen molar-refractivity contribution in [3.63, 3.8) is 0 Å². The third-order valence-electron chi connectivity index (χ3n) is 4.41. The second kappa shape index (κ2) is 9.09. The zero-order valence-corrected chi connectivity index (χ0v) is 17.8. The normalized spacial score (nSPS) is 11.2. The van der Waals surface area contributed by atoms with Gasteiger partial charge in [0.05, 0.1) is 0 Å². The largest absolute Gasteiger partial charge is 0.350 e. The minimum Gasteiger partial charge on any atom is -0.350 e. The van der Waals surface area contributed by atoms with Crippen molar-refractivity contribution in [3.8, 4) is 11.4 Å². The van der Waals surface area contributed by atoms with E-state index < -0.39 is 5.91 Å². The van der Waals surface area contributed by atoms with E-state index in [9.17, 15) is 9.59 Å². The van der Waals surface area contributed by atoms with Crippen molar-refractivity contribution in [1.29, 1.82) is 0 Å². The molecule has 0 aliphatic carbocycles. The minimum atomic E-state index is -0.503. The summed E-state index contributed by atoms with van der Waals surface area (Å²) in [5.74, 6) is -0.566. The number of nitrogens with one attached hydrogen (secondary N) is 2. The Hall–Kier alpha value is -3.19. The van der Waals surface area contributed by atoms with Crippen LogP contribution in [0.4, 0.5) is 0 Å². The van der Waals surface area contributed by atoms with Gasteiger partial charge in [-0.2, -0.15) is 4.98 Å². The molecule has 0 radical (unpaired) electrons. The van der Waals surface area contributed by atoms with Crippen molar-refractivity contribution in [2.75, 3.05) is 13.1 Å². The number of carbonyl (C=O) groups excluding carboxylic acids is 2. The third kappa shape index (κ3) is 5.45. The van der Waals surface area contributed by atoms with Crippen LogP contribution in [0.1, 0.15) is 47.4 Å². The highest BCUT2D eigenvalue weighted by molar-refractivity contribution is 6.30. The highest BCUT2D eigenvalue weighted by Crippen LogP contribution is 2.24. The van der Waals surface area contributed by atoms with Crippen molar-refractivity contribution < 1.29 is 14.1 Å². The quantitative estimate of drug-likeness (QED) is 0.583. The van der Waals surface area contributed by atoms with Gasteiger partial charge in [0.2, 0.25) is 5.82 Å². The van der Waals surface area contributed by atoms with Gasteiger partial charge >= 0.3 is 11.8 Å². The lowest BCUT2D eigenvalue weighted by molar-refractivity contribution is 0.0898. The number of aromatic nitrogens is 2. The fourth-order valence-electron chi connectivity index (χ4n) is 2.71. The molecule has 156 valence electrons. The molecule has 0 atom stereocenters. The van der Waals surface area contributed by atoms with Crippen molar-refractivity contribution in [1.82, 2.24) is 20.8 Å². The Morgan fingerprint density at radius 2 is 1.67 bits per heavy atom. The van der Waals surface area contributed by atoms with Gasteiger partial charge in [-0.3, -0.25) is 9.59 Å². The zero-order chi connectivity index (χ0) is 21.7. The van der Waals surface area contributed by atoms with E-state index in [1.807, 2.05) is 24.3 Å². The van der Waals surface area contributed by atoms with E-state index in [-0.39, 0.29) is 30.3 Å². The summed E-state index contributed by atoms with van der Waals surface area (Å²) in [5, 5.41) is 9.69. The molecule has 0 fully saturated rings. The Morgan fingerprint density at radius 3 is 2.30 bits per heavy atom. The molecule has 1 aromatic heterocycles. The van der Waals surface area contributed by atoms with Crippen LogP contribution in [-0.4, -0.2) is 35.0 Å². The average Bonchev–Trinajstić information content (AvgIpc) is 3.21. The summed E-state index contributed by atoms with van der Waals surface area (Å²) in [6.07, 6.45) is 0. The van der Waals surface area contributed by atoms with E-state index in [4.69, 9.17) is 16.1 Å². The van der Waals surface area contributed by atoms with Gasteiger partial charge in [0.15, 0.2) is 0 Å². The molecule has 3 rings (SSSR count). The first-order valence-electron chi connectivity index (χ1n) is 9.50. The third-order valence-corrected chi connectivity index (χ3v) is 4.65. The molecule has 2 N–H and O–H groups in total.